The lowest BCUT2D eigenvalue weighted by atomic mass is 10.1. The Morgan fingerprint density at radius 2 is 1.96 bits per heavy atom. The molecule has 0 radical (unpaired) electrons. The van der Waals surface area contributed by atoms with Crippen LogP contribution in [0.25, 0.3) is 0 Å². The number of nitrogens with zero attached hydrogens (tertiary/aromatic N) is 1. The SMILES string of the molecule is Cc1ccccc1CNC(=O)c1ccc(N2C(=O)C(C)CS2(=O)=O)cc1Cl. The third-order valence-corrected chi connectivity index (χ3v) is 6.67. The number of benzene rings is 2. The third-order valence-electron chi connectivity index (χ3n) is 4.49. The molecule has 0 aromatic heterocycles. The van der Waals surface area contributed by atoms with E-state index in [4.69, 9.17) is 11.6 Å². The average Bonchev–Trinajstić information content (AvgIpc) is 2.81. The van der Waals surface area contributed by atoms with Crippen LogP contribution in [0.1, 0.15) is 28.4 Å². The van der Waals surface area contributed by atoms with Crippen LogP contribution in [0.4, 0.5) is 5.69 Å². The van der Waals surface area contributed by atoms with Gasteiger partial charge < -0.3 is 5.32 Å². The smallest absolute Gasteiger partial charge is 0.253 e. The summed E-state index contributed by atoms with van der Waals surface area (Å²) in [7, 11) is -3.71. The van der Waals surface area contributed by atoms with Gasteiger partial charge in [0, 0.05) is 6.54 Å². The first-order chi connectivity index (χ1) is 12.7. The molecule has 1 atom stereocenters. The normalized spacial score (nSPS) is 18.6. The molecular formula is C19H19ClN2O4S. The summed E-state index contributed by atoms with van der Waals surface area (Å²) >= 11 is 6.20. The molecule has 0 saturated carbocycles. The molecule has 0 bridgehead atoms. The van der Waals surface area contributed by atoms with Crippen LogP contribution in [0.5, 0.6) is 0 Å². The van der Waals surface area contributed by atoms with Gasteiger partial charge in [-0.15, -0.1) is 0 Å². The molecule has 1 unspecified atom stereocenters. The van der Waals surface area contributed by atoms with E-state index in [1.54, 1.807) is 6.92 Å². The van der Waals surface area contributed by atoms with Crippen molar-refractivity contribution in [2.45, 2.75) is 20.4 Å². The number of rotatable bonds is 4. The number of aryl methyl sites for hydroxylation is 1. The average molecular weight is 407 g/mol. The summed E-state index contributed by atoms with van der Waals surface area (Å²) in [6, 6.07) is 11.9. The maximum atomic E-state index is 12.4. The summed E-state index contributed by atoms with van der Waals surface area (Å²) in [6.45, 7) is 3.87. The van der Waals surface area contributed by atoms with Crippen molar-refractivity contribution in [3.8, 4) is 0 Å². The van der Waals surface area contributed by atoms with E-state index in [9.17, 15) is 18.0 Å². The van der Waals surface area contributed by atoms with Crippen molar-refractivity contribution < 1.29 is 18.0 Å². The second-order valence-corrected chi connectivity index (χ2v) is 8.83. The Morgan fingerprint density at radius 3 is 2.56 bits per heavy atom. The number of amides is 2. The van der Waals surface area contributed by atoms with E-state index in [-0.39, 0.29) is 27.9 Å². The highest BCUT2D eigenvalue weighted by atomic mass is 35.5. The van der Waals surface area contributed by atoms with Gasteiger partial charge >= 0.3 is 0 Å². The van der Waals surface area contributed by atoms with Crippen LogP contribution >= 0.6 is 11.6 Å². The largest absolute Gasteiger partial charge is 0.348 e. The molecule has 1 heterocycles. The molecule has 2 amide bonds. The molecule has 27 heavy (non-hydrogen) atoms. The molecule has 0 spiro atoms. The van der Waals surface area contributed by atoms with Gasteiger partial charge in [0.05, 0.1) is 27.9 Å². The Hall–Kier alpha value is -2.38. The fraction of sp³-hybridized carbons (Fsp3) is 0.263. The van der Waals surface area contributed by atoms with Crippen LogP contribution in [-0.2, 0) is 21.4 Å². The minimum absolute atomic E-state index is 0.0809. The van der Waals surface area contributed by atoms with Crippen molar-refractivity contribution >= 4 is 39.1 Å². The van der Waals surface area contributed by atoms with Crippen molar-refractivity contribution in [1.29, 1.82) is 0 Å². The number of nitrogens with one attached hydrogen (secondary N) is 1. The van der Waals surface area contributed by atoms with Gasteiger partial charge in [-0.1, -0.05) is 42.8 Å². The first-order valence-electron chi connectivity index (χ1n) is 8.40. The Bertz CT molecular complexity index is 1020. The fourth-order valence-electron chi connectivity index (χ4n) is 2.98. The zero-order valence-corrected chi connectivity index (χ0v) is 16.5. The highest BCUT2D eigenvalue weighted by Crippen LogP contribution is 2.31. The van der Waals surface area contributed by atoms with E-state index in [0.717, 1.165) is 15.4 Å². The summed E-state index contributed by atoms with van der Waals surface area (Å²) in [4.78, 5) is 24.6. The zero-order chi connectivity index (χ0) is 19.8. The summed E-state index contributed by atoms with van der Waals surface area (Å²) in [5.74, 6) is -1.71. The lowest BCUT2D eigenvalue weighted by molar-refractivity contribution is -0.119. The highest BCUT2D eigenvalue weighted by Gasteiger charge is 2.42. The van der Waals surface area contributed by atoms with Crippen LogP contribution in [0.3, 0.4) is 0 Å². The van der Waals surface area contributed by atoms with Crippen LogP contribution in [0.2, 0.25) is 5.02 Å². The Balaban J connectivity index is 1.80. The predicted octanol–water partition coefficient (Wildman–Crippen LogP) is 2.89. The monoisotopic (exact) mass is 406 g/mol. The van der Waals surface area contributed by atoms with Crippen LogP contribution in [-0.4, -0.2) is 26.0 Å². The number of anilines is 1. The molecule has 3 rings (SSSR count). The number of carbonyl (C=O) groups excluding carboxylic acids is 2. The van der Waals surface area contributed by atoms with Gasteiger partial charge in [-0.2, -0.15) is 0 Å². The number of hydrogen-bond acceptors (Lipinski definition) is 4. The molecule has 1 saturated heterocycles. The quantitative estimate of drug-likeness (QED) is 0.846. The molecule has 0 aliphatic carbocycles. The van der Waals surface area contributed by atoms with E-state index in [1.165, 1.54) is 18.2 Å². The fourth-order valence-corrected chi connectivity index (χ4v) is 5.05. The van der Waals surface area contributed by atoms with Gasteiger partial charge in [-0.3, -0.25) is 9.59 Å². The minimum atomic E-state index is -3.71. The summed E-state index contributed by atoms with van der Waals surface area (Å²) in [6.07, 6.45) is 0. The first-order valence-corrected chi connectivity index (χ1v) is 10.4. The Morgan fingerprint density at radius 1 is 1.26 bits per heavy atom. The van der Waals surface area contributed by atoms with Crippen molar-refractivity contribution in [2.24, 2.45) is 5.92 Å². The molecule has 1 aliphatic rings. The van der Waals surface area contributed by atoms with Crippen molar-refractivity contribution in [2.75, 3.05) is 10.1 Å². The van der Waals surface area contributed by atoms with E-state index < -0.39 is 21.8 Å². The first kappa shape index (κ1) is 19.4. The van der Waals surface area contributed by atoms with E-state index in [0.29, 0.717) is 6.54 Å². The molecular weight excluding hydrogens is 388 g/mol. The van der Waals surface area contributed by atoms with Crippen molar-refractivity contribution in [1.82, 2.24) is 5.32 Å². The van der Waals surface area contributed by atoms with Gasteiger partial charge in [0.2, 0.25) is 15.9 Å². The molecule has 6 nitrogen and oxygen atoms in total. The van der Waals surface area contributed by atoms with Gasteiger partial charge in [0.25, 0.3) is 5.91 Å². The van der Waals surface area contributed by atoms with Gasteiger partial charge in [0.15, 0.2) is 0 Å². The van der Waals surface area contributed by atoms with Crippen LogP contribution < -0.4 is 9.62 Å². The molecule has 2 aromatic rings. The Labute approximate surface area is 163 Å². The van der Waals surface area contributed by atoms with Gasteiger partial charge in [0.1, 0.15) is 0 Å². The topological polar surface area (TPSA) is 83.6 Å². The van der Waals surface area contributed by atoms with E-state index in [1.807, 2.05) is 31.2 Å². The van der Waals surface area contributed by atoms with Crippen LogP contribution in [0.15, 0.2) is 42.5 Å². The lowest BCUT2D eigenvalue weighted by Crippen LogP contribution is -2.30. The minimum Gasteiger partial charge on any atom is -0.348 e. The molecule has 1 N–H and O–H groups in total. The number of sulfonamides is 1. The second kappa shape index (κ2) is 7.32. The lowest BCUT2D eigenvalue weighted by Gasteiger charge is -2.16. The molecule has 1 aliphatic heterocycles. The third kappa shape index (κ3) is 3.84. The molecule has 2 aromatic carbocycles. The molecule has 8 heteroatoms. The predicted molar refractivity (Wildman–Crippen MR) is 104 cm³/mol. The second-order valence-electron chi connectivity index (χ2n) is 6.56. The van der Waals surface area contributed by atoms with Gasteiger partial charge in [-0.05, 0) is 36.2 Å². The number of hydrogen-bond donors (Lipinski definition) is 1. The maximum Gasteiger partial charge on any atom is 0.253 e. The van der Waals surface area contributed by atoms with Crippen LogP contribution in [0, 0.1) is 12.8 Å². The highest BCUT2D eigenvalue weighted by molar-refractivity contribution is 7.94. The summed E-state index contributed by atoms with van der Waals surface area (Å²) < 4.78 is 25.1. The molecule has 142 valence electrons. The standard InChI is InChI=1S/C19H19ClN2O4S/c1-12-5-3-4-6-14(12)10-21-18(23)16-8-7-15(9-17(16)20)22-19(24)13(2)11-27(22,25)26/h3-9,13H,10-11H2,1-2H3,(H,21,23). The summed E-state index contributed by atoms with van der Waals surface area (Å²) in [5.41, 5.74) is 2.41. The van der Waals surface area contributed by atoms with E-state index in [2.05, 4.69) is 5.32 Å². The summed E-state index contributed by atoms with van der Waals surface area (Å²) in [5, 5.41) is 2.88. The van der Waals surface area contributed by atoms with Gasteiger partial charge in [-0.25, -0.2) is 12.7 Å². The number of halogens is 1. The Kier molecular flexibility index (Phi) is 5.26. The maximum absolute atomic E-state index is 12.4. The number of carbonyl (C=O) groups is 2. The van der Waals surface area contributed by atoms with E-state index >= 15 is 0 Å². The zero-order valence-electron chi connectivity index (χ0n) is 14.9. The molecule has 1 fully saturated rings. The van der Waals surface area contributed by atoms with Crippen molar-refractivity contribution in [3.63, 3.8) is 0 Å². The van der Waals surface area contributed by atoms with Crippen molar-refractivity contribution in [3.05, 3.63) is 64.2 Å².